The topological polar surface area (TPSA) is 51.0 Å². The summed E-state index contributed by atoms with van der Waals surface area (Å²) in [5.74, 6) is 1.35. The first-order valence-electron chi connectivity index (χ1n) is 9.35. The molecule has 0 saturated carbocycles. The van der Waals surface area contributed by atoms with Crippen molar-refractivity contribution in [2.75, 3.05) is 18.8 Å². The van der Waals surface area contributed by atoms with E-state index in [-0.39, 0.29) is 5.91 Å². The van der Waals surface area contributed by atoms with Crippen LogP contribution in [0, 0.1) is 0 Å². The fraction of sp³-hybridized carbons (Fsp3) is 0.286. The number of benzene rings is 2. The van der Waals surface area contributed by atoms with Crippen molar-refractivity contribution in [2.24, 2.45) is 0 Å². The number of hydrogen-bond donors (Lipinski definition) is 0. The molecule has 0 N–H and O–H groups in total. The predicted molar refractivity (Wildman–Crippen MR) is 112 cm³/mol. The number of likely N-dealkylation sites (tertiary alicyclic amines) is 1. The van der Waals surface area contributed by atoms with E-state index in [1.807, 2.05) is 51.9 Å². The zero-order valence-electron chi connectivity index (χ0n) is 15.4. The van der Waals surface area contributed by atoms with Crippen molar-refractivity contribution >= 4 is 29.3 Å². The Morgan fingerprint density at radius 3 is 2.57 bits per heavy atom. The summed E-state index contributed by atoms with van der Waals surface area (Å²) in [6, 6.07) is 17.8. The van der Waals surface area contributed by atoms with Crippen molar-refractivity contribution in [2.45, 2.75) is 24.4 Å². The largest absolute Gasteiger partial charge is 0.342 e. The molecular formula is C21H21ClN4OS. The summed E-state index contributed by atoms with van der Waals surface area (Å²) in [5, 5.41) is 10.2. The third-order valence-corrected chi connectivity index (χ3v) is 5.90. The summed E-state index contributed by atoms with van der Waals surface area (Å²) < 4.78 is 2.00. The predicted octanol–water partition coefficient (Wildman–Crippen LogP) is 4.23. The summed E-state index contributed by atoms with van der Waals surface area (Å²) in [6.45, 7) is 1.72. The van der Waals surface area contributed by atoms with Crippen molar-refractivity contribution in [1.82, 2.24) is 19.7 Å². The number of aromatic nitrogens is 3. The van der Waals surface area contributed by atoms with Crippen LogP contribution in [0.3, 0.4) is 0 Å². The van der Waals surface area contributed by atoms with Crippen molar-refractivity contribution < 1.29 is 4.79 Å². The molecule has 0 radical (unpaired) electrons. The quantitative estimate of drug-likeness (QED) is 0.568. The SMILES string of the molecule is O=C(CSc1nnc(Cc2ccccc2)n1-c1cccc(Cl)c1)N1CCCC1. The minimum Gasteiger partial charge on any atom is -0.342 e. The van der Waals surface area contributed by atoms with Gasteiger partial charge in [-0.3, -0.25) is 9.36 Å². The molecule has 1 saturated heterocycles. The number of carbonyl (C=O) groups is 1. The van der Waals surface area contributed by atoms with Crippen molar-refractivity contribution in [1.29, 1.82) is 0 Å². The first kappa shape index (κ1) is 19.0. The average molecular weight is 413 g/mol. The highest BCUT2D eigenvalue weighted by molar-refractivity contribution is 7.99. The molecule has 2 heterocycles. The highest BCUT2D eigenvalue weighted by Gasteiger charge is 2.21. The molecule has 1 aliphatic heterocycles. The van der Waals surface area contributed by atoms with Gasteiger partial charge in [-0.05, 0) is 36.6 Å². The van der Waals surface area contributed by atoms with E-state index in [1.54, 1.807) is 0 Å². The van der Waals surface area contributed by atoms with Crippen LogP contribution in [-0.2, 0) is 11.2 Å². The van der Waals surface area contributed by atoms with Crippen LogP contribution in [0.15, 0.2) is 59.8 Å². The molecule has 0 unspecified atom stereocenters. The average Bonchev–Trinajstić information content (AvgIpc) is 3.37. The summed E-state index contributed by atoms with van der Waals surface area (Å²) in [7, 11) is 0. The molecule has 144 valence electrons. The molecule has 0 spiro atoms. The maximum atomic E-state index is 12.4. The van der Waals surface area contributed by atoms with Gasteiger partial charge < -0.3 is 4.90 Å². The maximum absolute atomic E-state index is 12.4. The van der Waals surface area contributed by atoms with Gasteiger partial charge in [-0.2, -0.15) is 0 Å². The van der Waals surface area contributed by atoms with Crippen LogP contribution < -0.4 is 0 Å². The van der Waals surface area contributed by atoms with E-state index in [0.29, 0.717) is 22.4 Å². The Labute approximate surface area is 173 Å². The molecule has 2 aromatic carbocycles. The highest BCUT2D eigenvalue weighted by atomic mass is 35.5. The zero-order chi connectivity index (χ0) is 19.3. The minimum atomic E-state index is 0.160. The normalized spacial score (nSPS) is 13.8. The number of halogens is 1. The van der Waals surface area contributed by atoms with Crippen molar-refractivity contribution in [3.05, 3.63) is 71.0 Å². The van der Waals surface area contributed by atoms with Crippen molar-refractivity contribution in [3.8, 4) is 5.69 Å². The summed E-state index contributed by atoms with van der Waals surface area (Å²) in [5.41, 5.74) is 2.06. The standard InChI is InChI=1S/C21H21ClN4OS/c22-17-9-6-10-18(14-17)26-19(13-16-7-2-1-3-8-16)23-24-21(26)28-15-20(27)25-11-4-5-12-25/h1-3,6-10,14H,4-5,11-13,15H2. The first-order valence-corrected chi connectivity index (χ1v) is 10.7. The maximum Gasteiger partial charge on any atom is 0.233 e. The molecule has 1 fully saturated rings. The van der Waals surface area contributed by atoms with Crippen LogP contribution in [0.4, 0.5) is 0 Å². The number of rotatable bonds is 6. The van der Waals surface area contributed by atoms with Crippen LogP contribution in [0.1, 0.15) is 24.2 Å². The molecule has 0 bridgehead atoms. The van der Waals surface area contributed by atoms with E-state index < -0.39 is 0 Å². The molecule has 0 aliphatic carbocycles. The molecule has 1 aliphatic rings. The van der Waals surface area contributed by atoms with Gasteiger partial charge in [0.25, 0.3) is 0 Å². The van der Waals surface area contributed by atoms with E-state index in [1.165, 1.54) is 11.8 Å². The van der Waals surface area contributed by atoms with Gasteiger partial charge in [0, 0.05) is 24.5 Å². The lowest BCUT2D eigenvalue weighted by atomic mass is 10.1. The number of carbonyl (C=O) groups excluding carboxylic acids is 1. The molecule has 4 rings (SSSR count). The van der Waals surface area contributed by atoms with Crippen LogP contribution >= 0.6 is 23.4 Å². The molecule has 3 aromatic rings. The second kappa shape index (κ2) is 8.80. The number of thioether (sulfide) groups is 1. The first-order chi connectivity index (χ1) is 13.7. The van der Waals surface area contributed by atoms with E-state index in [4.69, 9.17) is 11.6 Å². The van der Waals surface area contributed by atoms with Gasteiger partial charge in [0.2, 0.25) is 5.91 Å². The lowest BCUT2D eigenvalue weighted by Crippen LogP contribution is -2.29. The molecule has 7 heteroatoms. The third kappa shape index (κ3) is 4.39. The van der Waals surface area contributed by atoms with Gasteiger partial charge in [0.15, 0.2) is 5.16 Å². The second-order valence-corrected chi connectivity index (χ2v) is 8.13. The van der Waals surface area contributed by atoms with E-state index in [2.05, 4.69) is 22.3 Å². The second-order valence-electron chi connectivity index (χ2n) is 6.75. The Kier molecular flexibility index (Phi) is 5.98. The van der Waals surface area contributed by atoms with Gasteiger partial charge in [0.1, 0.15) is 5.82 Å². The molecular weight excluding hydrogens is 392 g/mol. The number of hydrogen-bond acceptors (Lipinski definition) is 4. The summed E-state index contributed by atoms with van der Waals surface area (Å²) in [4.78, 5) is 14.4. The smallest absolute Gasteiger partial charge is 0.233 e. The summed E-state index contributed by atoms with van der Waals surface area (Å²) in [6.07, 6.45) is 2.84. The molecule has 28 heavy (non-hydrogen) atoms. The van der Waals surface area contributed by atoms with Gasteiger partial charge in [-0.15, -0.1) is 10.2 Å². The fourth-order valence-corrected chi connectivity index (χ4v) is 4.40. The van der Waals surface area contributed by atoms with Gasteiger partial charge in [-0.1, -0.05) is 59.8 Å². The lowest BCUT2D eigenvalue weighted by molar-refractivity contribution is -0.127. The van der Waals surface area contributed by atoms with E-state index >= 15 is 0 Å². The molecule has 1 aromatic heterocycles. The Balaban J connectivity index is 1.61. The van der Waals surface area contributed by atoms with Crippen LogP contribution in [0.25, 0.3) is 5.69 Å². The molecule has 0 atom stereocenters. The van der Waals surface area contributed by atoms with Gasteiger partial charge in [0.05, 0.1) is 11.4 Å². The minimum absolute atomic E-state index is 0.160. The van der Waals surface area contributed by atoms with Crippen LogP contribution in [-0.4, -0.2) is 44.4 Å². The Morgan fingerprint density at radius 2 is 1.82 bits per heavy atom. The molecule has 1 amide bonds. The highest BCUT2D eigenvalue weighted by Crippen LogP contribution is 2.26. The van der Waals surface area contributed by atoms with E-state index in [9.17, 15) is 4.79 Å². The number of nitrogens with zero attached hydrogens (tertiary/aromatic N) is 4. The molecule has 5 nitrogen and oxygen atoms in total. The Bertz CT molecular complexity index is 954. The lowest BCUT2D eigenvalue weighted by Gasteiger charge is -2.15. The number of amides is 1. The van der Waals surface area contributed by atoms with Crippen LogP contribution in [0.5, 0.6) is 0 Å². The third-order valence-electron chi connectivity index (χ3n) is 4.76. The monoisotopic (exact) mass is 412 g/mol. The Morgan fingerprint density at radius 1 is 1.04 bits per heavy atom. The zero-order valence-corrected chi connectivity index (χ0v) is 17.0. The summed E-state index contributed by atoms with van der Waals surface area (Å²) >= 11 is 7.65. The van der Waals surface area contributed by atoms with E-state index in [0.717, 1.165) is 43.0 Å². The van der Waals surface area contributed by atoms with Gasteiger partial charge >= 0.3 is 0 Å². The fourth-order valence-electron chi connectivity index (χ4n) is 3.35. The van der Waals surface area contributed by atoms with Crippen LogP contribution in [0.2, 0.25) is 5.02 Å². The van der Waals surface area contributed by atoms with Gasteiger partial charge in [-0.25, -0.2) is 0 Å². The Hall–Kier alpha value is -2.31. The van der Waals surface area contributed by atoms with Crippen molar-refractivity contribution in [3.63, 3.8) is 0 Å².